The maximum Gasteiger partial charge on any atom is 0.407 e. The van der Waals surface area contributed by atoms with Crippen molar-refractivity contribution in [3.05, 3.63) is 83.7 Å². The van der Waals surface area contributed by atoms with Gasteiger partial charge in [-0.25, -0.2) is 14.6 Å². The first-order valence-corrected chi connectivity index (χ1v) is 10.5. The standard InChI is InChI=1S/C25H23N3O5/c1-15(12-23(29)28-16-10-11-22(24(30)31)26-13-16)27-25(32)33-14-21-19-8-4-2-6-17(19)18-7-3-5-9-20(18)21/h2-11,13,15,21H,12,14H2,1H3,(H,27,32)(H,28,29)(H,30,31). The Bertz CT molecular complexity index is 1150. The van der Waals surface area contributed by atoms with Gasteiger partial charge in [-0.3, -0.25) is 4.79 Å². The van der Waals surface area contributed by atoms with E-state index in [0.29, 0.717) is 5.69 Å². The highest BCUT2D eigenvalue weighted by Crippen LogP contribution is 2.44. The summed E-state index contributed by atoms with van der Waals surface area (Å²) in [6, 6.07) is 18.5. The van der Waals surface area contributed by atoms with Crippen LogP contribution in [0.2, 0.25) is 0 Å². The number of carboxylic acids is 1. The van der Waals surface area contributed by atoms with E-state index in [4.69, 9.17) is 9.84 Å². The number of nitrogens with one attached hydrogen (secondary N) is 2. The molecule has 0 saturated heterocycles. The number of amides is 2. The summed E-state index contributed by atoms with van der Waals surface area (Å²) >= 11 is 0. The Hall–Kier alpha value is -4.20. The number of carbonyl (C=O) groups is 3. The number of alkyl carbamates (subject to hydrolysis) is 1. The first-order valence-electron chi connectivity index (χ1n) is 10.5. The van der Waals surface area contributed by atoms with Gasteiger partial charge in [-0.2, -0.15) is 0 Å². The number of hydrogen-bond acceptors (Lipinski definition) is 5. The quantitative estimate of drug-likeness (QED) is 0.505. The van der Waals surface area contributed by atoms with E-state index in [1.54, 1.807) is 6.92 Å². The van der Waals surface area contributed by atoms with Crippen molar-refractivity contribution in [2.75, 3.05) is 11.9 Å². The Morgan fingerprint density at radius 2 is 1.64 bits per heavy atom. The third-order valence-electron chi connectivity index (χ3n) is 5.47. The van der Waals surface area contributed by atoms with Gasteiger partial charge in [0.05, 0.1) is 11.9 Å². The number of hydrogen-bond donors (Lipinski definition) is 3. The molecule has 1 unspecified atom stereocenters. The Morgan fingerprint density at radius 3 is 2.21 bits per heavy atom. The Labute approximate surface area is 190 Å². The monoisotopic (exact) mass is 445 g/mol. The lowest BCUT2D eigenvalue weighted by Gasteiger charge is -2.17. The Balaban J connectivity index is 1.28. The Kier molecular flexibility index (Phi) is 6.35. The lowest BCUT2D eigenvalue weighted by atomic mass is 9.98. The average molecular weight is 445 g/mol. The normalized spacial score (nSPS) is 12.9. The lowest BCUT2D eigenvalue weighted by molar-refractivity contribution is -0.116. The summed E-state index contributed by atoms with van der Waals surface area (Å²) in [5, 5.41) is 14.2. The number of carbonyl (C=O) groups excluding carboxylic acids is 2. The summed E-state index contributed by atoms with van der Waals surface area (Å²) in [5.41, 5.74) is 4.82. The molecule has 1 aliphatic rings. The van der Waals surface area contributed by atoms with Crippen LogP contribution in [0.3, 0.4) is 0 Å². The van der Waals surface area contributed by atoms with Crippen LogP contribution in [0, 0.1) is 0 Å². The predicted octanol–water partition coefficient (Wildman–Crippen LogP) is 4.04. The number of pyridine rings is 1. The molecule has 1 heterocycles. The van der Waals surface area contributed by atoms with Gasteiger partial charge in [0.25, 0.3) is 0 Å². The van der Waals surface area contributed by atoms with E-state index in [2.05, 4.69) is 27.8 Å². The van der Waals surface area contributed by atoms with Gasteiger partial charge in [-0.1, -0.05) is 48.5 Å². The van der Waals surface area contributed by atoms with Crippen LogP contribution < -0.4 is 10.6 Å². The van der Waals surface area contributed by atoms with Gasteiger partial charge in [0.1, 0.15) is 12.3 Å². The number of anilines is 1. The second kappa shape index (κ2) is 9.52. The fourth-order valence-corrected chi connectivity index (χ4v) is 3.98. The number of ether oxygens (including phenoxy) is 1. The van der Waals surface area contributed by atoms with Crippen LogP contribution in [0.25, 0.3) is 11.1 Å². The molecule has 33 heavy (non-hydrogen) atoms. The fourth-order valence-electron chi connectivity index (χ4n) is 3.98. The van der Waals surface area contributed by atoms with Crippen LogP contribution in [0.15, 0.2) is 66.9 Å². The highest BCUT2D eigenvalue weighted by atomic mass is 16.5. The van der Waals surface area contributed by atoms with Gasteiger partial charge < -0.3 is 20.5 Å². The molecular formula is C25H23N3O5. The Morgan fingerprint density at radius 1 is 1.00 bits per heavy atom. The maximum atomic E-state index is 12.3. The van der Waals surface area contributed by atoms with Crippen molar-refractivity contribution in [3.63, 3.8) is 0 Å². The van der Waals surface area contributed by atoms with Crippen LogP contribution >= 0.6 is 0 Å². The number of aromatic nitrogens is 1. The molecule has 1 aliphatic carbocycles. The summed E-state index contributed by atoms with van der Waals surface area (Å²) in [7, 11) is 0. The number of carboxylic acid groups (broad SMARTS) is 1. The van der Waals surface area contributed by atoms with Gasteiger partial charge in [-0.15, -0.1) is 0 Å². The molecular weight excluding hydrogens is 422 g/mol. The van der Waals surface area contributed by atoms with Crippen molar-refractivity contribution >= 4 is 23.7 Å². The van der Waals surface area contributed by atoms with E-state index < -0.39 is 18.1 Å². The number of fused-ring (bicyclic) bond motifs is 3. The van der Waals surface area contributed by atoms with Gasteiger partial charge >= 0.3 is 12.1 Å². The largest absolute Gasteiger partial charge is 0.477 e. The second-order valence-electron chi connectivity index (χ2n) is 7.86. The lowest BCUT2D eigenvalue weighted by Crippen LogP contribution is -2.36. The summed E-state index contributed by atoms with van der Waals surface area (Å²) in [6.07, 6.45) is 0.695. The molecule has 2 amide bonds. The van der Waals surface area contributed by atoms with E-state index in [9.17, 15) is 14.4 Å². The highest BCUT2D eigenvalue weighted by Gasteiger charge is 2.29. The smallest absolute Gasteiger partial charge is 0.407 e. The molecule has 0 aliphatic heterocycles. The van der Waals surface area contributed by atoms with Gasteiger partial charge in [0.2, 0.25) is 5.91 Å². The highest BCUT2D eigenvalue weighted by molar-refractivity contribution is 5.92. The molecule has 168 valence electrons. The van der Waals surface area contributed by atoms with E-state index >= 15 is 0 Å². The minimum absolute atomic E-state index is 0.0187. The third kappa shape index (κ3) is 5.01. The van der Waals surface area contributed by atoms with Crippen LogP contribution in [-0.4, -0.2) is 40.7 Å². The van der Waals surface area contributed by atoms with Crippen molar-refractivity contribution in [3.8, 4) is 11.1 Å². The minimum Gasteiger partial charge on any atom is -0.477 e. The summed E-state index contributed by atoms with van der Waals surface area (Å²) < 4.78 is 5.50. The molecule has 2 aromatic carbocycles. The molecule has 0 spiro atoms. The molecule has 0 fully saturated rings. The zero-order chi connectivity index (χ0) is 23.4. The number of aromatic carboxylic acids is 1. The van der Waals surface area contributed by atoms with Crippen LogP contribution in [-0.2, 0) is 9.53 Å². The van der Waals surface area contributed by atoms with E-state index in [1.807, 2.05) is 36.4 Å². The minimum atomic E-state index is -1.14. The molecule has 8 heteroatoms. The van der Waals surface area contributed by atoms with Gasteiger partial charge in [-0.05, 0) is 41.3 Å². The second-order valence-corrected chi connectivity index (χ2v) is 7.86. The number of nitrogens with zero attached hydrogens (tertiary/aromatic N) is 1. The van der Waals surface area contributed by atoms with Gasteiger partial charge in [0.15, 0.2) is 0 Å². The summed E-state index contributed by atoms with van der Waals surface area (Å²) in [6.45, 7) is 1.90. The molecule has 3 aromatic rings. The molecule has 0 saturated carbocycles. The van der Waals surface area contributed by atoms with Crippen molar-refractivity contribution < 1.29 is 24.2 Å². The molecule has 1 aromatic heterocycles. The maximum absolute atomic E-state index is 12.3. The van der Waals surface area contributed by atoms with Crippen molar-refractivity contribution in [1.29, 1.82) is 0 Å². The zero-order valence-corrected chi connectivity index (χ0v) is 17.9. The summed E-state index contributed by atoms with van der Waals surface area (Å²) in [4.78, 5) is 39.2. The van der Waals surface area contributed by atoms with Gasteiger partial charge in [0, 0.05) is 18.4 Å². The first-order chi connectivity index (χ1) is 15.9. The average Bonchev–Trinajstić information content (AvgIpc) is 3.11. The van der Waals surface area contributed by atoms with Crippen molar-refractivity contribution in [2.24, 2.45) is 0 Å². The van der Waals surface area contributed by atoms with Crippen molar-refractivity contribution in [2.45, 2.75) is 25.3 Å². The molecule has 8 nitrogen and oxygen atoms in total. The van der Waals surface area contributed by atoms with E-state index in [0.717, 1.165) is 22.3 Å². The predicted molar refractivity (Wildman–Crippen MR) is 122 cm³/mol. The molecule has 0 bridgehead atoms. The van der Waals surface area contributed by atoms with Crippen LogP contribution in [0.4, 0.5) is 10.5 Å². The molecule has 4 rings (SSSR count). The molecule has 3 N–H and O–H groups in total. The number of benzene rings is 2. The first kappa shape index (κ1) is 22.0. The fraction of sp³-hybridized carbons (Fsp3) is 0.200. The van der Waals surface area contributed by atoms with Crippen molar-refractivity contribution in [1.82, 2.24) is 10.3 Å². The van der Waals surface area contributed by atoms with Crippen LogP contribution in [0.5, 0.6) is 0 Å². The topological polar surface area (TPSA) is 118 Å². The zero-order valence-electron chi connectivity index (χ0n) is 17.9. The molecule has 0 radical (unpaired) electrons. The van der Waals surface area contributed by atoms with E-state index in [1.165, 1.54) is 18.3 Å². The number of rotatable bonds is 7. The summed E-state index contributed by atoms with van der Waals surface area (Å²) in [5.74, 6) is -1.52. The van der Waals surface area contributed by atoms with Crippen LogP contribution in [0.1, 0.15) is 40.9 Å². The molecule has 1 atom stereocenters. The third-order valence-corrected chi connectivity index (χ3v) is 5.47. The van der Waals surface area contributed by atoms with E-state index in [-0.39, 0.29) is 30.5 Å². The SMILES string of the molecule is CC(CC(=O)Nc1ccc(C(=O)O)nc1)NC(=O)OCC1c2ccccc2-c2ccccc21.